The van der Waals surface area contributed by atoms with Gasteiger partial charge in [0.05, 0.1) is 10.8 Å². The van der Waals surface area contributed by atoms with Crippen LogP contribution >= 0.6 is 11.6 Å². The Morgan fingerprint density at radius 1 is 1.06 bits per heavy atom. The van der Waals surface area contributed by atoms with E-state index < -0.39 is 5.91 Å². The van der Waals surface area contributed by atoms with E-state index in [1.807, 2.05) is 13.0 Å². The molecule has 0 radical (unpaired) electrons. The number of carbonyl (C=O) groups excluding carboxylic acids is 2. The average molecular weight is 696 g/mol. The zero-order valence-electron chi connectivity index (χ0n) is 29.9. The van der Waals surface area contributed by atoms with Crippen molar-refractivity contribution in [2.45, 2.75) is 97.9 Å². The van der Waals surface area contributed by atoms with Gasteiger partial charge in [0.25, 0.3) is 5.91 Å². The van der Waals surface area contributed by atoms with Crippen LogP contribution in [0.3, 0.4) is 0 Å². The number of nitrogens with one attached hydrogen (secondary N) is 2. The Balaban J connectivity index is 0.000000471. The second-order valence-electron chi connectivity index (χ2n) is 14.3. The van der Waals surface area contributed by atoms with E-state index in [1.54, 1.807) is 18.2 Å². The Bertz CT molecular complexity index is 1590. The lowest BCUT2D eigenvalue weighted by Crippen LogP contribution is -2.56. The highest BCUT2D eigenvalue weighted by molar-refractivity contribution is 6.30. The van der Waals surface area contributed by atoms with Gasteiger partial charge in [0.15, 0.2) is 22.7 Å². The van der Waals surface area contributed by atoms with Gasteiger partial charge in [0.1, 0.15) is 5.58 Å². The van der Waals surface area contributed by atoms with E-state index >= 15 is 0 Å². The molecule has 49 heavy (non-hydrogen) atoms. The van der Waals surface area contributed by atoms with Crippen LogP contribution in [0.2, 0.25) is 0 Å². The summed E-state index contributed by atoms with van der Waals surface area (Å²) in [6.45, 7) is 17.0. The second kappa shape index (κ2) is 17.4. The minimum atomic E-state index is -0.416. The Labute approximate surface area is 296 Å². The molecule has 1 aliphatic carbocycles. The highest BCUT2D eigenvalue weighted by Gasteiger charge is 2.48. The first-order valence-corrected chi connectivity index (χ1v) is 18.1. The molecule has 2 N–H and O–H groups in total. The predicted molar refractivity (Wildman–Crippen MR) is 196 cm³/mol. The molecule has 1 saturated carbocycles. The van der Waals surface area contributed by atoms with E-state index in [4.69, 9.17) is 25.5 Å². The molecule has 1 aromatic heterocycles. The van der Waals surface area contributed by atoms with Gasteiger partial charge in [0.2, 0.25) is 12.7 Å². The summed E-state index contributed by atoms with van der Waals surface area (Å²) in [7, 11) is 0. The van der Waals surface area contributed by atoms with Crippen molar-refractivity contribution in [1.29, 1.82) is 0 Å². The number of piperidine rings is 1. The first-order valence-electron chi connectivity index (χ1n) is 17.7. The number of amides is 2. The highest BCUT2D eigenvalue weighted by atomic mass is 35.5. The number of allylic oxidation sites excluding steroid dienone is 5. The Hall–Kier alpha value is -3.56. The summed E-state index contributed by atoms with van der Waals surface area (Å²) in [6.07, 6.45) is 15.4. The molecule has 0 spiro atoms. The number of likely N-dealkylation sites (tertiary alicyclic amines) is 1. The summed E-state index contributed by atoms with van der Waals surface area (Å²) in [6, 6.07) is 4.39. The van der Waals surface area contributed by atoms with Crippen LogP contribution in [-0.2, 0) is 4.79 Å². The summed E-state index contributed by atoms with van der Waals surface area (Å²) in [4.78, 5) is 41.2. The molecule has 0 atom stereocenters. The van der Waals surface area contributed by atoms with E-state index in [2.05, 4.69) is 55.9 Å². The van der Waals surface area contributed by atoms with Gasteiger partial charge in [-0.2, -0.15) is 0 Å². The van der Waals surface area contributed by atoms with Crippen molar-refractivity contribution in [1.82, 2.24) is 15.5 Å². The topological polar surface area (TPSA) is 110 Å². The lowest BCUT2D eigenvalue weighted by Gasteiger charge is -2.47. The van der Waals surface area contributed by atoms with Crippen molar-refractivity contribution in [3.63, 3.8) is 0 Å². The quantitative estimate of drug-likeness (QED) is 0.192. The molecule has 268 valence electrons. The van der Waals surface area contributed by atoms with Gasteiger partial charge >= 0.3 is 0 Å². The minimum absolute atomic E-state index is 0.0218. The molecule has 9 nitrogen and oxygen atoms in total. The van der Waals surface area contributed by atoms with Crippen LogP contribution in [0, 0.1) is 11.3 Å². The van der Waals surface area contributed by atoms with Crippen LogP contribution in [0.5, 0.6) is 11.5 Å². The molecular formula is C39H54ClN3O6. The molecule has 0 bridgehead atoms. The molecule has 10 heteroatoms. The number of ether oxygens (including phenoxy) is 2. The van der Waals surface area contributed by atoms with E-state index in [1.165, 1.54) is 30.9 Å². The molecule has 3 aliphatic rings. The molecule has 2 amide bonds. The van der Waals surface area contributed by atoms with Gasteiger partial charge in [-0.25, -0.2) is 0 Å². The van der Waals surface area contributed by atoms with Gasteiger partial charge in [-0.3, -0.25) is 14.4 Å². The molecule has 5 rings (SSSR count). The van der Waals surface area contributed by atoms with Crippen LogP contribution in [0.1, 0.15) is 103 Å². The van der Waals surface area contributed by atoms with Crippen molar-refractivity contribution in [3.8, 4) is 11.5 Å². The number of nitrogens with zero attached hydrogens (tertiary/aromatic N) is 1. The third kappa shape index (κ3) is 10.5. The molecule has 2 fully saturated rings. The Morgan fingerprint density at radius 2 is 1.73 bits per heavy atom. The minimum Gasteiger partial charge on any atom is -0.454 e. The SMILES string of the molecule is C=C(Cl)/C=C\C(=C/C)CC.CC(C)(C)NC(=O)C1(C2CCCCC2)CCN(CCCNC(=O)c2cc(=O)c3cc4c(cc3o2)OCO4)CC1. The largest absolute Gasteiger partial charge is 0.454 e. The monoisotopic (exact) mass is 695 g/mol. The molecule has 1 aromatic carbocycles. The molecule has 2 aliphatic heterocycles. The normalized spacial score (nSPS) is 18.2. The van der Waals surface area contributed by atoms with Crippen molar-refractivity contribution in [3.05, 3.63) is 69.6 Å². The van der Waals surface area contributed by atoms with E-state index in [0.29, 0.717) is 40.0 Å². The van der Waals surface area contributed by atoms with E-state index in [0.717, 1.165) is 58.2 Å². The number of rotatable bonds is 10. The van der Waals surface area contributed by atoms with Crippen LogP contribution in [0.15, 0.2) is 62.8 Å². The lowest BCUT2D eigenvalue weighted by molar-refractivity contribution is -0.141. The number of fused-ring (bicyclic) bond motifs is 2. The third-order valence-corrected chi connectivity index (χ3v) is 9.84. The summed E-state index contributed by atoms with van der Waals surface area (Å²) < 4.78 is 16.4. The van der Waals surface area contributed by atoms with E-state index in [-0.39, 0.29) is 34.8 Å². The van der Waals surface area contributed by atoms with Crippen LogP contribution in [0.4, 0.5) is 0 Å². The fourth-order valence-corrected chi connectivity index (χ4v) is 7.04. The van der Waals surface area contributed by atoms with Gasteiger partial charge in [-0.05, 0) is 104 Å². The maximum absolute atomic E-state index is 13.6. The van der Waals surface area contributed by atoms with Gasteiger partial charge in [-0.15, -0.1) is 0 Å². The van der Waals surface area contributed by atoms with Crippen molar-refractivity contribution < 1.29 is 23.5 Å². The van der Waals surface area contributed by atoms with Crippen LogP contribution in [-0.4, -0.2) is 55.2 Å². The fraction of sp³-hybridized carbons (Fsp3) is 0.564. The van der Waals surface area contributed by atoms with Gasteiger partial charge < -0.3 is 29.4 Å². The third-order valence-electron chi connectivity index (χ3n) is 9.72. The standard InChI is InChI=1S/C30H41N3O6.C9H13Cl/c1-29(2,3)32-28(36)30(20-8-5-4-6-9-20)10-14-33(15-11-30)13-7-12-31-27(35)26-17-22(34)21-16-24-25(38-19-37-24)18-23(21)39-26;1-4-9(5-2)7-6-8(3)10/h16-18,20H,4-15,19H2,1-3H3,(H,31,35)(H,32,36);4,6-7H,3,5H2,1-2H3/b;7-6-,9-4-. The first kappa shape index (κ1) is 38.2. The first-order chi connectivity index (χ1) is 23.3. The molecule has 2 aromatic rings. The Morgan fingerprint density at radius 3 is 2.35 bits per heavy atom. The van der Waals surface area contributed by atoms with E-state index in [9.17, 15) is 14.4 Å². The number of benzene rings is 1. The second-order valence-corrected chi connectivity index (χ2v) is 14.8. The van der Waals surface area contributed by atoms with Crippen molar-refractivity contribution in [2.24, 2.45) is 11.3 Å². The summed E-state index contributed by atoms with van der Waals surface area (Å²) >= 11 is 5.53. The highest BCUT2D eigenvalue weighted by Crippen LogP contribution is 2.46. The smallest absolute Gasteiger partial charge is 0.287 e. The lowest BCUT2D eigenvalue weighted by atomic mass is 9.63. The average Bonchev–Trinajstić information content (AvgIpc) is 3.54. The Kier molecular flexibility index (Phi) is 13.6. The molecular weight excluding hydrogens is 642 g/mol. The number of halogens is 1. The number of hydrogen-bond donors (Lipinski definition) is 2. The van der Waals surface area contributed by atoms with Crippen molar-refractivity contribution in [2.75, 3.05) is 33.0 Å². The summed E-state index contributed by atoms with van der Waals surface area (Å²) in [5.74, 6) is 1.25. The number of hydrogen-bond acceptors (Lipinski definition) is 7. The summed E-state index contributed by atoms with van der Waals surface area (Å²) in [5.41, 5.74) is 0.762. The number of carbonyl (C=O) groups is 2. The van der Waals surface area contributed by atoms with Crippen LogP contribution < -0.4 is 25.5 Å². The summed E-state index contributed by atoms with van der Waals surface area (Å²) in [5, 5.41) is 7.10. The van der Waals surface area contributed by atoms with Gasteiger partial charge in [0, 0.05) is 29.2 Å². The maximum Gasteiger partial charge on any atom is 0.287 e. The zero-order chi connectivity index (χ0) is 35.6. The molecule has 1 saturated heterocycles. The zero-order valence-corrected chi connectivity index (χ0v) is 30.7. The fourth-order valence-electron chi connectivity index (χ4n) is 6.98. The maximum atomic E-state index is 13.6. The van der Waals surface area contributed by atoms with Gasteiger partial charge in [-0.1, -0.05) is 62.1 Å². The van der Waals surface area contributed by atoms with Crippen LogP contribution in [0.25, 0.3) is 11.0 Å². The van der Waals surface area contributed by atoms with Crippen molar-refractivity contribution >= 4 is 34.4 Å². The molecule has 0 unspecified atom stereocenters. The predicted octanol–water partition coefficient (Wildman–Crippen LogP) is 7.87. The molecule has 3 heterocycles.